The summed E-state index contributed by atoms with van der Waals surface area (Å²) in [6.45, 7) is 4.67. The molecule has 0 aliphatic carbocycles. The van der Waals surface area contributed by atoms with Gasteiger partial charge in [0.1, 0.15) is 6.04 Å². The van der Waals surface area contributed by atoms with Crippen LogP contribution in [0.25, 0.3) is 0 Å². The molecule has 22 heavy (non-hydrogen) atoms. The minimum Gasteiger partial charge on any atom is -0.311 e. The lowest BCUT2D eigenvalue weighted by Crippen LogP contribution is -2.38. The van der Waals surface area contributed by atoms with Gasteiger partial charge in [-0.25, -0.2) is 4.79 Å². The van der Waals surface area contributed by atoms with Gasteiger partial charge in [0.05, 0.1) is 5.71 Å². The maximum atomic E-state index is 12.4. The van der Waals surface area contributed by atoms with Crippen LogP contribution in [0.15, 0.2) is 29.4 Å². The third-order valence-electron chi connectivity index (χ3n) is 4.36. The van der Waals surface area contributed by atoms with E-state index in [1.165, 1.54) is 5.56 Å². The van der Waals surface area contributed by atoms with Crippen LogP contribution in [0.3, 0.4) is 0 Å². The highest BCUT2D eigenvalue weighted by molar-refractivity contribution is 6.07. The summed E-state index contributed by atoms with van der Waals surface area (Å²) in [7, 11) is 0. The number of benzene rings is 1. The number of carbonyl (C=O) groups excluding carboxylic acids is 2. The maximum Gasteiger partial charge on any atom is 0.348 e. The molecule has 5 heteroatoms. The molecule has 0 aromatic heterocycles. The first-order valence-corrected chi connectivity index (χ1v) is 7.91. The van der Waals surface area contributed by atoms with E-state index in [1.54, 1.807) is 4.90 Å². The number of aryl methyl sites for hydroxylation is 1. The molecule has 3 rings (SSSR count). The lowest BCUT2D eigenvalue weighted by Gasteiger charge is -2.25. The minimum atomic E-state index is -0.305. The first kappa shape index (κ1) is 14.8. The van der Waals surface area contributed by atoms with Gasteiger partial charge < -0.3 is 4.90 Å². The van der Waals surface area contributed by atoms with E-state index < -0.39 is 0 Å². The average Bonchev–Trinajstić information content (AvgIpc) is 2.78. The van der Waals surface area contributed by atoms with Gasteiger partial charge in [-0.2, -0.15) is 5.10 Å². The van der Waals surface area contributed by atoms with Gasteiger partial charge in [0.2, 0.25) is 0 Å². The molecule has 116 valence electrons. The van der Waals surface area contributed by atoms with Crippen molar-refractivity contribution in [2.75, 3.05) is 6.54 Å². The molecular formula is C17H21N3O2. The van der Waals surface area contributed by atoms with Gasteiger partial charge in [-0.05, 0) is 38.2 Å². The fourth-order valence-electron chi connectivity index (χ4n) is 3.07. The van der Waals surface area contributed by atoms with Crippen molar-refractivity contribution < 1.29 is 9.59 Å². The zero-order valence-electron chi connectivity index (χ0n) is 13.1. The molecule has 3 amide bonds. The number of carbonyl (C=O) groups is 2. The predicted octanol–water partition coefficient (Wildman–Crippen LogP) is 2.93. The van der Waals surface area contributed by atoms with Crippen LogP contribution in [0.4, 0.5) is 4.79 Å². The quantitative estimate of drug-likeness (QED) is 0.636. The second-order valence-corrected chi connectivity index (χ2v) is 5.90. The van der Waals surface area contributed by atoms with Crippen LogP contribution in [0.5, 0.6) is 0 Å². The van der Waals surface area contributed by atoms with E-state index in [9.17, 15) is 9.59 Å². The first-order chi connectivity index (χ1) is 10.6. The fourth-order valence-corrected chi connectivity index (χ4v) is 3.07. The lowest BCUT2D eigenvalue weighted by atomic mass is 10.0. The van der Waals surface area contributed by atoms with Crippen molar-refractivity contribution in [3.63, 3.8) is 0 Å². The fraction of sp³-hybridized carbons (Fsp3) is 0.471. The number of hydrogen-bond donors (Lipinski definition) is 0. The molecule has 1 aromatic carbocycles. The smallest absolute Gasteiger partial charge is 0.311 e. The van der Waals surface area contributed by atoms with Crippen molar-refractivity contribution in [2.24, 2.45) is 5.10 Å². The summed E-state index contributed by atoms with van der Waals surface area (Å²) in [6, 6.07) is 7.41. The van der Waals surface area contributed by atoms with Crippen molar-refractivity contribution >= 4 is 17.6 Å². The number of hydrogen-bond acceptors (Lipinski definition) is 3. The molecule has 0 bridgehead atoms. The van der Waals surface area contributed by atoms with Crippen LogP contribution in [0, 0.1) is 6.92 Å². The predicted molar refractivity (Wildman–Crippen MR) is 84.6 cm³/mol. The van der Waals surface area contributed by atoms with Crippen LogP contribution in [0.1, 0.15) is 43.7 Å². The largest absolute Gasteiger partial charge is 0.348 e. The molecule has 2 fully saturated rings. The second-order valence-electron chi connectivity index (χ2n) is 5.90. The maximum absolute atomic E-state index is 12.4. The van der Waals surface area contributed by atoms with Crippen LogP contribution in [-0.2, 0) is 4.79 Å². The number of amides is 3. The molecule has 0 saturated carbocycles. The molecule has 0 radical (unpaired) electrons. The van der Waals surface area contributed by atoms with Crippen LogP contribution in [0.2, 0.25) is 0 Å². The standard InChI is InChI=1S/C17H21N3O2/c1-3-14(13-9-7-12(2)8-10-13)18-20-16(21)15-6-4-5-11-19(15)17(20)22/h7-10,15H,3-6,11H2,1-2H3/b18-14+/t15-/m0/s1. The molecule has 1 atom stereocenters. The Balaban J connectivity index is 1.90. The molecule has 0 spiro atoms. The summed E-state index contributed by atoms with van der Waals surface area (Å²) in [6.07, 6.45) is 3.38. The van der Waals surface area contributed by atoms with E-state index >= 15 is 0 Å². The Labute approximate surface area is 130 Å². The number of nitrogens with zero attached hydrogens (tertiary/aromatic N) is 3. The Bertz CT molecular complexity index is 597. The molecule has 2 aliphatic rings. The summed E-state index contributed by atoms with van der Waals surface area (Å²) < 4.78 is 0. The van der Waals surface area contributed by atoms with Gasteiger partial charge in [-0.1, -0.05) is 36.8 Å². The number of hydrazone groups is 1. The molecule has 2 heterocycles. The van der Waals surface area contributed by atoms with Crippen molar-refractivity contribution in [1.29, 1.82) is 0 Å². The highest BCUT2D eigenvalue weighted by Crippen LogP contribution is 2.27. The molecule has 1 aromatic rings. The van der Waals surface area contributed by atoms with Gasteiger partial charge in [-0.3, -0.25) is 4.79 Å². The number of fused-ring (bicyclic) bond motifs is 1. The Morgan fingerprint density at radius 1 is 1.23 bits per heavy atom. The highest BCUT2D eigenvalue weighted by atomic mass is 16.2. The Hall–Kier alpha value is -2.17. The third-order valence-corrected chi connectivity index (χ3v) is 4.36. The number of imide groups is 1. The molecule has 0 N–H and O–H groups in total. The third kappa shape index (κ3) is 2.51. The number of urea groups is 1. The van der Waals surface area contributed by atoms with Crippen LogP contribution < -0.4 is 0 Å². The summed E-state index contributed by atoms with van der Waals surface area (Å²) in [5, 5.41) is 5.47. The Kier molecular flexibility index (Phi) is 3.96. The molecule has 0 unspecified atom stereocenters. The Morgan fingerprint density at radius 3 is 2.59 bits per heavy atom. The summed E-state index contributed by atoms with van der Waals surface area (Å²) in [4.78, 5) is 26.5. The SMILES string of the molecule is CC/C(=N\N1C(=O)[C@@H]2CCCCN2C1=O)c1ccc(C)cc1. The highest BCUT2D eigenvalue weighted by Gasteiger charge is 2.46. The Morgan fingerprint density at radius 2 is 1.95 bits per heavy atom. The zero-order valence-corrected chi connectivity index (χ0v) is 13.1. The van der Waals surface area contributed by atoms with E-state index in [-0.39, 0.29) is 18.0 Å². The minimum absolute atomic E-state index is 0.178. The summed E-state index contributed by atoms with van der Waals surface area (Å²) >= 11 is 0. The number of rotatable bonds is 3. The lowest BCUT2D eigenvalue weighted by molar-refractivity contribution is -0.128. The van der Waals surface area contributed by atoms with E-state index in [0.29, 0.717) is 13.0 Å². The van der Waals surface area contributed by atoms with Crippen molar-refractivity contribution in [3.8, 4) is 0 Å². The van der Waals surface area contributed by atoms with Crippen LogP contribution >= 0.6 is 0 Å². The van der Waals surface area contributed by atoms with Gasteiger partial charge in [0, 0.05) is 6.54 Å². The second kappa shape index (κ2) is 5.91. The number of piperidine rings is 1. The van der Waals surface area contributed by atoms with E-state index in [4.69, 9.17) is 0 Å². The van der Waals surface area contributed by atoms with Gasteiger partial charge in [0.15, 0.2) is 0 Å². The van der Waals surface area contributed by atoms with Gasteiger partial charge in [-0.15, -0.1) is 5.01 Å². The van der Waals surface area contributed by atoms with Crippen molar-refractivity contribution in [3.05, 3.63) is 35.4 Å². The van der Waals surface area contributed by atoms with E-state index in [1.807, 2.05) is 38.1 Å². The normalized spacial score (nSPS) is 22.3. The first-order valence-electron chi connectivity index (χ1n) is 7.91. The monoisotopic (exact) mass is 299 g/mol. The summed E-state index contributed by atoms with van der Waals surface area (Å²) in [5.74, 6) is -0.178. The van der Waals surface area contributed by atoms with Crippen LogP contribution in [-0.4, -0.2) is 40.1 Å². The summed E-state index contributed by atoms with van der Waals surface area (Å²) in [5.41, 5.74) is 2.89. The van der Waals surface area contributed by atoms with E-state index in [0.717, 1.165) is 35.5 Å². The van der Waals surface area contributed by atoms with Crippen molar-refractivity contribution in [2.45, 2.75) is 45.6 Å². The van der Waals surface area contributed by atoms with E-state index in [2.05, 4.69) is 5.10 Å². The molecule has 2 aliphatic heterocycles. The average molecular weight is 299 g/mol. The molecule has 5 nitrogen and oxygen atoms in total. The zero-order chi connectivity index (χ0) is 15.7. The van der Waals surface area contributed by atoms with Crippen molar-refractivity contribution in [1.82, 2.24) is 9.91 Å². The molecule has 2 saturated heterocycles. The molecular weight excluding hydrogens is 278 g/mol. The van der Waals surface area contributed by atoms with Gasteiger partial charge >= 0.3 is 6.03 Å². The van der Waals surface area contributed by atoms with Gasteiger partial charge in [0.25, 0.3) is 5.91 Å². The topological polar surface area (TPSA) is 53.0 Å².